The van der Waals surface area contributed by atoms with Crippen LogP contribution in [-0.4, -0.2) is 15.5 Å². The van der Waals surface area contributed by atoms with E-state index in [1.165, 1.54) is 15.9 Å². The Balaban J connectivity index is 1.93. The summed E-state index contributed by atoms with van der Waals surface area (Å²) in [5.74, 6) is -0.854. The Morgan fingerprint density at radius 3 is 2.90 bits per heavy atom. The predicted molar refractivity (Wildman–Crippen MR) is 80.7 cm³/mol. The van der Waals surface area contributed by atoms with Gasteiger partial charge in [-0.2, -0.15) is 0 Å². The number of fused-ring (bicyclic) bond motifs is 1. The van der Waals surface area contributed by atoms with Crippen LogP contribution in [0.3, 0.4) is 0 Å². The molecule has 1 N–H and O–H groups in total. The fraction of sp³-hybridized carbons (Fsp3) is 0.214. The van der Waals surface area contributed by atoms with E-state index in [0.29, 0.717) is 16.2 Å². The third-order valence-electron chi connectivity index (χ3n) is 3.14. The molecule has 0 aliphatic rings. The van der Waals surface area contributed by atoms with Gasteiger partial charge in [-0.1, -0.05) is 12.1 Å². The van der Waals surface area contributed by atoms with Gasteiger partial charge in [0.2, 0.25) is 5.91 Å². The highest BCUT2D eigenvalue weighted by Gasteiger charge is 2.21. The molecule has 0 radical (unpaired) electrons. The second-order valence-electron chi connectivity index (χ2n) is 4.65. The molecule has 3 rings (SSSR count). The van der Waals surface area contributed by atoms with E-state index in [2.05, 4.69) is 10.3 Å². The summed E-state index contributed by atoms with van der Waals surface area (Å²) in [5.41, 5.74) is 1.06. The molecule has 7 heteroatoms. The molecule has 0 spiro atoms. The maximum atomic E-state index is 12.3. The van der Waals surface area contributed by atoms with Crippen LogP contribution in [0.1, 0.15) is 17.8 Å². The van der Waals surface area contributed by atoms with Gasteiger partial charge in [-0.05, 0) is 26.0 Å². The third kappa shape index (κ3) is 2.47. The van der Waals surface area contributed by atoms with Gasteiger partial charge in [-0.25, -0.2) is 9.78 Å². The first kappa shape index (κ1) is 13.6. The lowest BCUT2D eigenvalue weighted by Crippen LogP contribution is -2.29. The standard InChI is InChI=1S/C14H13N3O3S/c1-8-7-15-13(21-8)16-12(18)9(2)17-10-5-3-4-6-11(10)20-14(17)19/h3-7,9H,1-2H3,(H,15,16,18)/t9-/m1/s1. The lowest BCUT2D eigenvalue weighted by Gasteiger charge is -2.11. The highest BCUT2D eigenvalue weighted by Crippen LogP contribution is 2.20. The minimum Gasteiger partial charge on any atom is -0.408 e. The molecular weight excluding hydrogens is 290 g/mol. The molecule has 108 valence electrons. The first-order chi connectivity index (χ1) is 10.1. The van der Waals surface area contributed by atoms with E-state index in [0.717, 1.165) is 4.88 Å². The number of hydrogen-bond acceptors (Lipinski definition) is 5. The first-order valence-corrected chi connectivity index (χ1v) is 7.21. The molecule has 1 amide bonds. The fourth-order valence-corrected chi connectivity index (χ4v) is 2.76. The molecule has 2 aromatic heterocycles. The number of oxazole rings is 1. The molecule has 0 unspecified atom stereocenters. The van der Waals surface area contributed by atoms with Gasteiger partial charge in [0.25, 0.3) is 0 Å². The van der Waals surface area contributed by atoms with Crippen molar-refractivity contribution in [1.29, 1.82) is 0 Å². The van der Waals surface area contributed by atoms with Crippen molar-refractivity contribution >= 4 is 33.5 Å². The van der Waals surface area contributed by atoms with E-state index in [-0.39, 0.29) is 5.91 Å². The predicted octanol–water partition coefficient (Wildman–Crippen LogP) is 2.56. The van der Waals surface area contributed by atoms with Crippen LogP contribution in [0, 0.1) is 6.92 Å². The van der Waals surface area contributed by atoms with Crippen LogP contribution in [0.15, 0.2) is 39.7 Å². The summed E-state index contributed by atoms with van der Waals surface area (Å²) < 4.78 is 6.48. The minimum absolute atomic E-state index is 0.307. The van der Waals surface area contributed by atoms with Crippen LogP contribution in [0.5, 0.6) is 0 Å². The van der Waals surface area contributed by atoms with Gasteiger partial charge in [0.15, 0.2) is 10.7 Å². The highest BCUT2D eigenvalue weighted by molar-refractivity contribution is 7.15. The summed E-state index contributed by atoms with van der Waals surface area (Å²) in [4.78, 5) is 29.3. The summed E-state index contributed by atoms with van der Waals surface area (Å²) in [7, 11) is 0. The van der Waals surface area contributed by atoms with E-state index in [1.54, 1.807) is 37.4 Å². The van der Waals surface area contributed by atoms with Gasteiger partial charge in [0.1, 0.15) is 6.04 Å². The summed E-state index contributed by atoms with van der Waals surface area (Å²) in [6.07, 6.45) is 1.68. The molecule has 0 saturated heterocycles. The summed E-state index contributed by atoms with van der Waals surface area (Å²) in [6.45, 7) is 3.56. The number of carbonyl (C=O) groups is 1. The van der Waals surface area contributed by atoms with Crippen LogP contribution in [-0.2, 0) is 4.79 Å². The van der Waals surface area contributed by atoms with Crippen LogP contribution in [0.4, 0.5) is 5.13 Å². The topological polar surface area (TPSA) is 77.1 Å². The zero-order valence-electron chi connectivity index (χ0n) is 11.5. The number of benzene rings is 1. The van der Waals surface area contributed by atoms with Crippen LogP contribution >= 0.6 is 11.3 Å². The van der Waals surface area contributed by atoms with Crippen molar-refractivity contribution in [3.63, 3.8) is 0 Å². The van der Waals surface area contributed by atoms with E-state index >= 15 is 0 Å². The average molecular weight is 303 g/mol. The van der Waals surface area contributed by atoms with Crippen LogP contribution in [0.2, 0.25) is 0 Å². The molecule has 2 heterocycles. The number of anilines is 1. The number of para-hydroxylation sites is 2. The molecule has 0 saturated carbocycles. The zero-order valence-corrected chi connectivity index (χ0v) is 12.3. The Kier molecular flexibility index (Phi) is 3.34. The molecule has 21 heavy (non-hydrogen) atoms. The Hall–Kier alpha value is -2.41. The fourth-order valence-electron chi connectivity index (χ4n) is 2.09. The lowest BCUT2D eigenvalue weighted by molar-refractivity contribution is -0.118. The number of nitrogens with one attached hydrogen (secondary N) is 1. The Labute approximate surface area is 124 Å². The number of amides is 1. The third-order valence-corrected chi connectivity index (χ3v) is 3.97. The van der Waals surface area contributed by atoms with Crippen LogP contribution < -0.4 is 11.1 Å². The number of aryl methyl sites for hydroxylation is 1. The van der Waals surface area contributed by atoms with Gasteiger partial charge in [-0.3, -0.25) is 9.36 Å². The van der Waals surface area contributed by atoms with E-state index < -0.39 is 11.8 Å². The van der Waals surface area contributed by atoms with Gasteiger partial charge in [-0.15, -0.1) is 11.3 Å². The molecule has 0 fully saturated rings. The quantitative estimate of drug-likeness (QED) is 0.806. The SMILES string of the molecule is Cc1cnc(NC(=O)[C@@H](C)n2c(=O)oc3ccccc32)s1. The molecule has 0 bridgehead atoms. The summed E-state index contributed by atoms with van der Waals surface area (Å²) >= 11 is 1.38. The number of hydrogen-bond donors (Lipinski definition) is 1. The maximum Gasteiger partial charge on any atom is 0.420 e. The summed E-state index contributed by atoms with van der Waals surface area (Å²) in [6, 6.07) is 6.33. The van der Waals surface area contributed by atoms with Gasteiger partial charge >= 0.3 is 5.76 Å². The Morgan fingerprint density at radius 1 is 1.43 bits per heavy atom. The molecule has 6 nitrogen and oxygen atoms in total. The van der Waals surface area contributed by atoms with Gasteiger partial charge in [0, 0.05) is 11.1 Å². The van der Waals surface area contributed by atoms with Gasteiger partial charge < -0.3 is 9.73 Å². The molecule has 1 atom stereocenters. The van der Waals surface area contributed by atoms with E-state index in [4.69, 9.17) is 4.42 Å². The average Bonchev–Trinajstić information content (AvgIpc) is 3.00. The number of aromatic nitrogens is 2. The maximum absolute atomic E-state index is 12.3. The van der Waals surface area contributed by atoms with Crippen molar-refractivity contribution in [3.05, 3.63) is 45.9 Å². The van der Waals surface area contributed by atoms with E-state index in [9.17, 15) is 9.59 Å². The minimum atomic E-state index is -0.689. The number of rotatable bonds is 3. The molecule has 0 aliphatic carbocycles. The number of carbonyl (C=O) groups excluding carboxylic acids is 1. The smallest absolute Gasteiger partial charge is 0.408 e. The second-order valence-corrected chi connectivity index (χ2v) is 5.88. The first-order valence-electron chi connectivity index (χ1n) is 6.39. The van der Waals surface area contributed by atoms with Crippen molar-refractivity contribution in [2.45, 2.75) is 19.9 Å². The van der Waals surface area contributed by atoms with Gasteiger partial charge in [0.05, 0.1) is 5.52 Å². The molecule has 1 aromatic carbocycles. The number of nitrogens with zero attached hydrogens (tertiary/aromatic N) is 2. The molecule has 0 aliphatic heterocycles. The zero-order chi connectivity index (χ0) is 15.0. The van der Waals surface area contributed by atoms with Crippen molar-refractivity contribution < 1.29 is 9.21 Å². The van der Waals surface area contributed by atoms with Crippen molar-refractivity contribution in [1.82, 2.24) is 9.55 Å². The number of thiazole rings is 1. The summed E-state index contributed by atoms with van der Waals surface area (Å²) in [5, 5.41) is 3.23. The molecular formula is C14H13N3O3S. The normalized spacial score (nSPS) is 12.5. The monoisotopic (exact) mass is 303 g/mol. The van der Waals surface area contributed by atoms with Crippen molar-refractivity contribution in [3.8, 4) is 0 Å². The second kappa shape index (κ2) is 5.17. The van der Waals surface area contributed by atoms with Crippen molar-refractivity contribution in [2.75, 3.05) is 5.32 Å². The largest absolute Gasteiger partial charge is 0.420 e. The lowest BCUT2D eigenvalue weighted by atomic mass is 10.2. The van der Waals surface area contributed by atoms with E-state index in [1.807, 2.05) is 6.92 Å². The van der Waals surface area contributed by atoms with Crippen LogP contribution in [0.25, 0.3) is 11.1 Å². The molecule has 3 aromatic rings. The van der Waals surface area contributed by atoms with Crippen molar-refractivity contribution in [2.24, 2.45) is 0 Å². The highest BCUT2D eigenvalue weighted by atomic mass is 32.1. The Morgan fingerprint density at radius 2 is 2.19 bits per heavy atom. The Bertz CT molecular complexity index is 862.